The molecule has 3 heteroatoms. The molecule has 2 nitrogen and oxygen atoms in total. The molecule has 0 aliphatic carbocycles. The third-order valence-corrected chi connectivity index (χ3v) is 3.63. The predicted molar refractivity (Wildman–Crippen MR) is 85.7 cm³/mol. The smallest absolute Gasteiger partial charge is 0.222 e. The number of hydrogen-bond acceptors (Lipinski definition) is 2. The fraction of sp³-hybridized carbons (Fsp3) is 0.278. The molecule has 0 spiro atoms. The van der Waals surface area contributed by atoms with Gasteiger partial charge in [-0.05, 0) is 47.2 Å². The number of halogens is 1. The Morgan fingerprint density at radius 1 is 1.14 bits per heavy atom. The highest BCUT2D eigenvalue weighted by Crippen LogP contribution is 2.27. The van der Waals surface area contributed by atoms with E-state index < -0.39 is 0 Å². The van der Waals surface area contributed by atoms with Gasteiger partial charge in [0.25, 0.3) is 0 Å². The lowest BCUT2D eigenvalue weighted by Gasteiger charge is -2.14. The van der Waals surface area contributed by atoms with E-state index in [0.29, 0.717) is 13.0 Å². The van der Waals surface area contributed by atoms with Crippen molar-refractivity contribution in [2.45, 2.75) is 32.3 Å². The van der Waals surface area contributed by atoms with E-state index in [2.05, 4.69) is 6.92 Å². The van der Waals surface area contributed by atoms with Crippen molar-refractivity contribution in [3.63, 3.8) is 0 Å². The molecule has 0 fully saturated rings. The van der Waals surface area contributed by atoms with Gasteiger partial charge in [0.05, 0.1) is 0 Å². The summed E-state index contributed by atoms with van der Waals surface area (Å²) >= 11 is 5.51. The second-order valence-electron chi connectivity index (χ2n) is 5.01. The van der Waals surface area contributed by atoms with E-state index in [1.54, 1.807) is 0 Å². The van der Waals surface area contributed by atoms with E-state index in [1.165, 1.54) is 0 Å². The lowest BCUT2D eigenvalue weighted by molar-refractivity contribution is -0.112. The average molecular weight is 303 g/mol. The molecule has 0 amide bonds. The standard InChI is InChI=1S/C18H19ClO2/c1-2-15(12-18(19)20)16-9-6-10-17(11-16)21-13-14-7-4-3-5-8-14/h3-11,15H,2,12-13H2,1H3. The number of hydrogen-bond donors (Lipinski definition) is 0. The molecular weight excluding hydrogens is 284 g/mol. The van der Waals surface area contributed by atoms with Crippen molar-refractivity contribution >= 4 is 16.8 Å². The van der Waals surface area contributed by atoms with Crippen LogP contribution in [0.2, 0.25) is 0 Å². The lowest BCUT2D eigenvalue weighted by Crippen LogP contribution is -2.02. The number of carbonyl (C=O) groups excluding carboxylic acids is 1. The molecule has 0 saturated heterocycles. The Labute approximate surface area is 130 Å². The van der Waals surface area contributed by atoms with Crippen LogP contribution < -0.4 is 4.74 Å². The molecule has 0 bridgehead atoms. The third-order valence-electron chi connectivity index (χ3n) is 3.48. The van der Waals surface area contributed by atoms with Crippen LogP contribution in [-0.2, 0) is 11.4 Å². The molecule has 0 aliphatic heterocycles. The summed E-state index contributed by atoms with van der Waals surface area (Å²) in [7, 11) is 0. The zero-order valence-corrected chi connectivity index (χ0v) is 12.8. The highest BCUT2D eigenvalue weighted by atomic mass is 35.5. The van der Waals surface area contributed by atoms with Crippen molar-refractivity contribution in [1.29, 1.82) is 0 Å². The lowest BCUT2D eigenvalue weighted by atomic mass is 9.94. The van der Waals surface area contributed by atoms with Crippen LogP contribution in [0.25, 0.3) is 0 Å². The molecule has 2 rings (SSSR count). The van der Waals surface area contributed by atoms with Crippen LogP contribution in [0.3, 0.4) is 0 Å². The van der Waals surface area contributed by atoms with Gasteiger partial charge < -0.3 is 4.74 Å². The molecule has 1 unspecified atom stereocenters. The molecule has 1 atom stereocenters. The van der Waals surface area contributed by atoms with E-state index in [0.717, 1.165) is 23.3 Å². The van der Waals surface area contributed by atoms with Crippen molar-refractivity contribution in [2.75, 3.05) is 0 Å². The van der Waals surface area contributed by atoms with Crippen molar-refractivity contribution in [3.8, 4) is 5.75 Å². The first-order chi connectivity index (χ1) is 10.2. The Morgan fingerprint density at radius 3 is 2.57 bits per heavy atom. The van der Waals surface area contributed by atoms with Crippen molar-refractivity contribution in [1.82, 2.24) is 0 Å². The predicted octanol–water partition coefficient (Wildman–Crippen LogP) is 4.91. The maximum Gasteiger partial charge on any atom is 0.222 e. The highest BCUT2D eigenvalue weighted by Gasteiger charge is 2.13. The van der Waals surface area contributed by atoms with Crippen molar-refractivity contribution in [3.05, 3.63) is 65.7 Å². The molecule has 0 radical (unpaired) electrons. The summed E-state index contributed by atoms with van der Waals surface area (Å²) in [6, 6.07) is 17.9. The van der Waals surface area contributed by atoms with Gasteiger partial charge in [-0.2, -0.15) is 0 Å². The monoisotopic (exact) mass is 302 g/mol. The number of ether oxygens (including phenoxy) is 1. The fourth-order valence-electron chi connectivity index (χ4n) is 2.29. The van der Waals surface area contributed by atoms with Gasteiger partial charge in [-0.25, -0.2) is 0 Å². The van der Waals surface area contributed by atoms with Crippen LogP contribution in [0, 0.1) is 0 Å². The molecule has 2 aromatic carbocycles. The number of benzene rings is 2. The topological polar surface area (TPSA) is 26.3 Å². The van der Waals surface area contributed by atoms with Gasteiger partial charge >= 0.3 is 0 Å². The molecule has 0 heterocycles. The summed E-state index contributed by atoms with van der Waals surface area (Å²) in [6.07, 6.45) is 1.24. The molecule has 0 aliphatic rings. The Kier molecular flexibility index (Phi) is 5.82. The summed E-state index contributed by atoms with van der Waals surface area (Å²) in [5.74, 6) is 0.965. The van der Waals surface area contributed by atoms with Gasteiger partial charge in [0, 0.05) is 6.42 Å². The van der Waals surface area contributed by atoms with Gasteiger partial charge in [0.15, 0.2) is 0 Å². The van der Waals surface area contributed by atoms with Crippen molar-refractivity contribution in [2.24, 2.45) is 0 Å². The van der Waals surface area contributed by atoms with E-state index in [9.17, 15) is 4.79 Å². The second kappa shape index (κ2) is 7.84. The second-order valence-corrected chi connectivity index (χ2v) is 5.43. The zero-order chi connectivity index (χ0) is 15.1. The van der Waals surface area contributed by atoms with E-state index in [4.69, 9.17) is 16.3 Å². The Balaban J connectivity index is 2.04. The summed E-state index contributed by atoms with van der Waals surface area (Å²) in [4.78, 5) is 11.1. The van der Waals surface area contributed by atoms with Gasteiger partial charge in [0.2, 0.25) is 5.24 Å². The number of rotatable bonds is 7. The van der Waals surface area contributed by atoms with Crippen molar-refractivity contribution < 1.29 is 9.53 Å². The molecule has 2 aromatic rings. The van der Waals surface area contributed by atoms with Crippen LogP contribution in [-0.4, -0.2) is 5.24 Å². The first-order valence-corrected chi connectivity index (χ1v) is 7.52. The molecule has 21 heavy (non-hydrogen) atoms. The molecule has 0 N–H and O–H groups in total. The SMILES string of the molecule is CCC(CC(=O)Cl)c1cccc(OCc2ccccc2)c1. The third kappa shape index (κ3) is 4.91. The van der Waals surface area contributed by atoms with E-state index in [-0.39, 0.29) is 11.2 Å². The molecule has 110 valence electrons. The largest absolute Gasteiger partial charge is 0.489 e. The quantitative estimate of drug-likeness (QED) is 0.679. The Morgan fingerprint density at radius 2 is 1.90 bits per heavy atom. The Hall–Kier alpha value is -1.80. The first kappa shape index (κ1) is 15.6. The van der Waals surface area contributed by atoms with E-state index in [1.807, 2.05) is 54.6 Å². The minimum absolute atomic E-state index is 0.148. The van der Waals surface area contributed by atoms with E-state index >= 15 is 0 Å². The summed E-state index contributed by atoms with van der Waals surface area (Å²) in [5, 5.41) is -0.294. The first-order valence-electron chi connectivity index (χ1n) is 7.14. The van der Waals surface area contributed by atoms with Crippen LogP contribution in [0.15, 0.2) is 54.6 Å². The highest BCUT2D eigenvalue weighted by molar-refractivity contribution is 6.63. The minimum Gasteiger partial charge on any atom is -0.489 e. The summed E-state index contributed by atoms with van der Waals surface area (Å²) < 4.78 is 5.81. The summed E-state index contributed by atoms with van der Waals surface area (Å²) in [5.41, 5.74) is 2.22. The van der Waals surface area contributed by atoms with Gasteiger partial charge in [-0.1, -0.05) is 49.4 Å². The maximum atomic E-state index is 11.1. The average Bonchev–Trinajstić information content (AvgIpc) is 2.52. The normalized spacial score (nSPS) is 11.9. The fourth-order valence-corrected chi connectivity index (χ4v) is 2.48. The van der Waals surface area contributed by atoms with Gasteiger partial charge in [0.1, 0.15) is 12.4 Å². The van der Waals surface area contributed by atoms with Crippen LogP contribution in [0.4, 0.5) is 0 Å². The van der Waals surface area contributed by atoms with Gasteiger partial charge in [-0.15, -0.1) is 0 Å². The van der Waals surface area contributed by atoms with Gasteiger partial charge in [-0.3, -0.25) is 4.79 Å². The Bertz CT molecular complexity index is 581. The van der Waals surface area contributed by atoms with Crippen LogP contribution in [0.5, 0.6) is 5.75 Å². The number of carbonyl (C=O) groups is 1. The molecule has 0 saturated carbocycles. The maximum absolute atomic E-state index is 11.1. The zero-order valence-electron chi connectivity index (χ0n) is 12.1. The summed E-state index contributed by atoms with van der Waals surface area (Å²) in [6.45, 7) is 2.59. The van der Waals surface area contributed by atoms with Crippen LogP contribution >= 0.6 is 11.6 Å². The molecule has 0 aromatic heterocycles. The minimum atomic E-state index is -0.294. The molecular formula is C18H19ClO2. The van der Waals surface area contributed by atoms with Crippen LogP contribution in [0.1, 0.15) is 36.8 Å².